The zero-order valence-electron chi connectivity index (χ0n) is 51.8. The Hall–Kier alpha value is -10.1. The number of carbonyl (C=O) groups excluding carboxylic acids is 2. The number of ether oxygens (including phenoxy) is 2. The topological polar surface area (TPSA) is 258 Å². The molecule has 24 heteroatoms. The highest BCUT2D eigenvalue weighted by Gasteiger charge is 2.33. The Labute approximate surface area is 534 Å². The molecule has 0 fully saturated rings. The van der Waals surface area contributed by atoms with Crippen LogP contribution in [0.3, 0.4) is 0 Å². The number of fused-ring (bicyclic) bond motifs is 6. The maximum Gasteiger partial charge on any atom is 0.410 e. The van der Waals surface area contributed by atoms with Crippen molar-refractivity contribution in [1.82, 2.24) is 69.9 Å². The van der Waals surface area contributed by atoms with Crippen LogP contribution in [0.15, 0.2) is 128 Å². The van der Waals surface area contributed by atoms with E-state index >= 15 is 0 Å². The third-order valence-corrected chi connectivity index (χ3v) is 15.7. The number of rotatable bonds is 14. The van der Waals surface area contributed by atoms with Gasteiger partial charge >= 0.3 is 12.2 Å². The van der Waals surface area contributed by atoms with Gasteiger partial charge < -0.3 is 45.7 Å². The minimum atomic E-state index is -0.601. The molecule has 0 unspecified atom stereocenters. The second-order valence-corrected chi connectivity index (χ2v) is 24.9. The number of anilines is 3. The molecule has 2 amide bonds. The van der Waals surface area contributed by atoms with Crippen LogP contribution in [0.2, 0.25) is 5.28 Å². The van der Waals surface area contributed by atoms with E-state index in [0.717, 1.165) is 89.0 Å². The van der Waals surface area contributed by atoms with E-state index in [2.05, 4.69) is 119 Å². The van der Waals surface area contributed by atoms with Crippen molar-refractivity contribution in [2.24, 2.45) is 0 Å². The quantitative estimate of drug-likeness (QED) is 0.0499. The Bertz CT molecular complexity index is 4500. The van der Waals surface area contributed by atoms with Gasteiger partial charge in [0, 0.05) is 124 Å². The van der Waals surface area contributed by atoms with E-state index in [1.165, 1.54) is 57.4 Å². The molecule has 21 nitrogen and oxygen atoms in total. The molecule has 11 aromatic rings. The number of nitrogens with one attached hydrogen (secondary N) is 7. The van der Waals surface area contributed by atoms with Gasteiger partial charge in [-0.1, -0.05) is 54.6 Å². The molecule has 8 aromatic heterocycles. The molecular weight excluding hydrogens is 1190 g/mol. The second-order valence-electron chi connectivity index (χ2n) is 24.6. The number of benzene rings is 3. The fourth-order valence-electron chi connectivity index (χ4n) is 11.3. The summed E-state index contributed by atoms with van der Waals surface area (Å²) in [7, 11) is 0. The SMILES string of the molecule is CC(C)(C)OC(=O)N1Cc2nc(-c3cncc(F)c3)nc(NCCc3c[nH]c4ccccc34)c2C1.CC(C)(C)OC(=O)N1Cc2nc(Cl)nc(NCCc3c[nH]c4ccccc34)c2C1.Fc1cncc(-c2nc3c(c(NCCc4c[nH]c5ccccc45)n2)CNC3)c1. The fourth-order valence-corrected chi connectivity index (χ4v) is 11.5. The van der Waals surface area contributed by atoms with Crippen molar-refractivity contribution in [3.8, 4) is 22.8 Å². The minimum absolute atomic E-state index is 0.171. The highest BCUT2D eigenvalue weighted by atomic mass is 35.5. The van der Waals surface area contributed by atoms with E-state index in [0.29, 0.717) is 85.9 Å². The molecule has 0 spiro atoms. The molecular formula is C68H70ClF2N17O4. The summed E-state index contributed by atoms with van der Waals surface area (Å²) in [5.41, 5.74) is 12.2. The van der Waals surface area contributed by atoms with Crippen LogP contribution in [0.25, 0.3) is 55.5 Å². The number of aromatic nitrogens is 11. The first-order chi connectivity index (χ1) is 44.3. The third-order valence-electron chi connectivity index (χ3n) is 15.5. The molecule has 14 rings (SSSR count). The van der Waals surface area contributed by atoms with Gasteiger partial charge in [-0.15, -0.1) is 0 Å². The summed E-state index contributed by atoms with van der Waals surface area (Å²) in [6.07, 6.45) is 13.2. The van der Waals surface area contributed by atoms with Crippen LogP contribution in [0.1, 0.15) is 92.0 Å². The number of aromatic amines is 3. The number of H-pyrrole nitrogens is 3. The van der Waals surface area contributed by atoms with E-state index in [1.54, 1.807) is 16.0 Å². The van der Waals surface area contributed by atoms with Gasteiger partial charge in [-0.05, 0) is 119 Å². The first kappa shape index (κ1) is 62.1. The highest BCUT2D eigenvalue weighted by molar-refractivity contribution is 6.28. The molecule has 3 aliphatic heterocycles. The van der Waals surface area contributed by atoms with Crippen LogP contribution >= 0.6 is 11.6 Å². The maximum atomic E-state index is 13.8. The Morgan fingerprint density at radius 1 is 0.511 bits per heavy atom. The Morgan fingerprint density at radius 2 is 0.913 bits per heavy atom. The Morgan fingerprint density at radius 3 is 1.35 bits per heavy atom. The van der Waals surface area contributed by atoms with E-state index < -0.39 is 28.9 Å². The number of hydrogen-bond donors (Lipinski definition) is 7. The van der Waals surface area contributed by atoms with Crippen molar-refractivity contribution < 1.29 is 27.8 Å². The zero-order valence-corrected chi connectivity index (χ0v) is 52.6. The maximum absolute atomic E-state index is 13.8. The van der Waals surface area contributed by atoms with Gasteiger partial charge in [0.05, 0.1) is 55.7 Å². The van der Waals surface area contributed by atoms with Crippen molar-refractivity contribution in [3.63, 3.8) is 0 Å². The number of halogens is 3. The average Bonchev–Trinajstić information content (AvgIpc) is 1.61. The largest absolute Gasteiger partial charge is 0.444 e. The number of pyridine rings is 2. The van der Waals surface area contributed by atoms with Crippen LogP contribution in [-0.4, -0.2) is 108 Å². The van der Waals surface area contributed by atoms with Crippen LogP contribution in [0.4, 0.5) is 35.8 Å². The second kappa shape index (κ2) is 26.8. The normalized spacial score (nSPS) is 13.3. The molecule has 11 heterocycles. The molecule has 92 heavy (non-hydrogen) atoms. The van der Waals surface area contributed by atoms with Crippen LogP contribution < -0.4 is 21.3 Å². The summed E-state index contributed by atoms with van der Waals surface area (Å²) in [5.74, 6) is 2.09. The van der Waals surface area contributed by atoms with Crippen molar-refractivity contribution >= 4 is 73.9 Å². The minimum Gasteiger partial charge on any atom is -0.444 e. The zero-order chi connectivity index (χ0) is 64.1. The lowest BCUT2D eigenvalue weighted by Crippen LogP contribution is -2.33. The van der Waals surface area contributed by atoms with Gasteiger partial charge in [-0.2, -0.15) is 0 Å². The van der Waals surface area contributed by atoms with E-state index in [9.17, 15) is 18.4 Å². The van der Waals surface area contributed by atoms with Crippen molar-refractivity contribution in [3.05, 3.63) is 196 Å². The molecule has 0 radical (unpaired) electrons. The van der Waals surface area contributed by atoms with Gasteiger partial charge in [0.25, 0.3) is 0 Å². The summed E-state index contributed by atoms with van der Waals surface area (Å²) in [4.78, 5) is 73.3. The lowest BCUT2D eigenvalue weighted by Gasteiger charge is -2.24. The summed E-state index contributed by atoms with van der Waals surface area (Å²) < 4.78 is 38.4. The molecule has 3 aromatic carbocycles. The predicted molar refractivity (Wildman–Crippen MR) is 350 cm³/mol. The number of nitrogens with zero attached hydrogens (tertiary/aromatic N) is 10. The smallest absolute Gasteiger partial charge is 0.410 e. The molecule has 0 bridgehead atoms. The van der Waals surface area contributed by atoms with Gasteiger partial charge in [0.2, 0.25) is 5.28 Å². The van der Waals surface area contributed by atoms with Crippen LogP contribution in [0.5, 0.6) is 0 Å². The third kappa shape index (κ3) is 14.7. The van der Waals surface area contributed by atoms with E-state index in [1.807, 2.05) is 90.3 Å². The van der Waals surface area contributed by atoms with Crippen LogP contribution in [0, 0.1) is 11.6 Å². The van der Waals surface area contributed by atoms with Crippen molar-refractivity contribution in [1.29, 1.82) is 0 Å². The van der Waals surface area contributed by atoms with Crippen molar-refractivity contribution in [2.45, 2.75) is 111 Å². The first-order valence-corrected chi connectivity index (χ1v) is 30.8. The standard InChI is InChI=1S/C26H27FN6O2.C21H24ClN5O2.C21H19FN6/c1-26(2,3)35-25(34)33-14-20-22(15-33)31-23(17-10-18(27)13-28-11-17)32-24(20)29-9-8-16-12-30-21-7-5-4-6-19(16)21;1-21(2,3)29-20(28)27-11-15-17(12-27)25-19(22)26-18(15)23-9-8-13-10-24-16-7-5-4-6-14(13)16;22-15-7-14(8-23-10-15)20-27-19-12-24-11-17(19)21(28-20)25-6-5-13-9-26-18-4-2-1-3-16(13)18/h4-7,10-13,30H,8-9,14-15H2,1-3H3,(H,29,31,32);4-7,10,24H,8-9,11-12H2,1-3H3,(H,23,25,26);1-4,7-10,24,26H,5-6,11-12H2,(H,25,27,28). The molecule has 0 atom stereocenters. The first-order valence-electron chi connectivity index (χ1n) is 30.4. The lowest BCUT2D eigenvalue weighted by atomic mass is 10.1. The summed E-state index contributed by atoms with van der Waals surface area (Å²) in [5, 5.41) is 17.4. The predicted octanol–water partition coefficient (Wildman–Crippen LogP) is 13.0. The van der Waals surface area contributed by atoms with Gasteiger partial charge in [0.15, 0.2) is 11.6 Å². The number of para-hydroxylation sites is 3. The fraction of sp³-hybridized carbons (Fsp3) is 0.294. The number of carbonyl (C=O) groups is 2. The molecule has 7 N–H and O–H groups in total. The number of hydrogen-bond acceptors (Lipinski definition) is 16. The van der Waals surface area contributed by atoms with Gasteiger partial charge in [0.1, 0.15) is 40.3 Å². The summed E-state index contributed by atoms with van der Waals surface area (Å²) in [6, 6.07) is 27.4. The summed E-state index contributed by atoms with van der Waals surface area (Å²) in [6.45, 7) is 15.9. The van der Waals surface area contributed by atoms with E-state index in [4.69, 9.17) is 21.1 Å². The summed E-state index contributed by atoms with van der Waals surface area (Å²) >= 11 is 6.12. The average molecular weight is 1260 g/mol. The van der Waals surface area contributed by atoms with Crippen molar-refractivity contribution in [2.75, 3.05) is 35.6 Å². The van der Waals surface area contributed by atoms with E-state index in [-0.39, 0.29) is 11.4 Å². The molecule has 3 aliphatic rings. The van der Waals surface area contributed by atoms with Crippen LogP contribution in [-0.2, 0) is 68.0 Å². The highest BCUT2D eigenvalue weighted by Crippen LogP contribution is 2.34. The Balaban J connectivity index is 0.000000134. The monoisotopic (exact) mass is 1260 g/mol. The lowest BCUT2D eigenvalue weighted by molar-refractivity contribution is 0.0231. The molecule has 0 saturated carbocycles. The number of amides is 2. The van der Waals surface area contributed by atoms with Gasteiger partial charge in [-0.25, -0.2) is 48.3 Å². The molecule has 0 saturated heterocycles. The Kier molecular flexibility index (Phi) is 18.1. The molecule has 0 aliphatic carbocycles. The molecule has 472 valence electrons. The van der Waals surface area contributed by atoms with Gasteiger partial charge in [-0.3, -0.25) is 19.8 Å².